The van der Waals surface area contributed by atoms with Gasteiger partial charge in [-0.15, -0.1) is 0 Å². The Morgan fingerprint density at radius 1 is 1.21 bits per heavy atom. The molecule has 1 aliphatic heterocycles. The Labute approximate surface area is 163 Å². The van der Waals surface area contributed by atoms with E-state index in [0.717, 1.165) is 11.1 Å². The van der Waals surface area contributed by atoms with Gasteiger partial charge in [-0.05, 0) is 35.6 Å². The lowest BCUT2D eigenvalue weighted by Crippen LogP contribution is -2.30. The molecule has 28 heavy (non-hydrogen) atoms. The number of hydrogen-bond acceptors (Lipinski definition) is 5. The number of ether oxygens (including phenoxy) is 1. The zero-order chi connectivity index (χ0) is 20.3. The Morgan fingerprint density at radius 3 is 2.43 bits per heavy atom. The van der Waals surface area contributed by atoms with Crippen molar-refractivity contribution in [2.24, 2.45) is 5.92 Å². The monoisotopic (exact) mass is 387 g/mol. The minimum Gasteiger partial charge on any atom is -0.475 e. The minimum atomic E-state index is -1.15. The zero-order valence-electron chi connectivity index (χ0n) is 15.9. The first kappa shape index (κ1) is 20.1. The lowest BCUT2D eigenvalue weighted by molar-refractivity contribution is -0.119. The number of carbonyl (C=O) groups excluding carboxylic acids is 1. The van der Waals surface area contributed by atoms with Gasteiger partial charge in [-0.25, -0.2) is 4.79 Å². The van der Waals surface area contributed by atoms with Crippen LogP contribution < -0.4 is 5.32 Å². The van der Waals surface area contributed by atoms with E-state index in [0.29, 0.717) is 18.6 Å². The fourth-order valence-corrected chi connectivity index (χ4v) is 3.22. The summed E-state index contributed by atoms with van der Waals surface area (Å²) in [5.41, 5.74) is 1.57. The van der Waals surface area contributed by atoms with Gasteiger partial charge in [-0.2, -0.15) is 0 Å². The molecule has 7 heteroatoms. The number of nitrogens with one attached hydrogen (secondary N) is 1. The molecule has 0 saturated carbocycles. The molecule has 2 aromatic rings. The summed E-state index contributed by atoms with van der Waals surface area (Å²) in [5.74, 6) is -0.845. The molecule has 1 aliphatic rings. The van der Waals surface area contributed by atoms with E-state index >= 15 is 0 Å². The van der Waals surface area contributed by atoms with Gasteiger partial charge in [0.1, 0.15) is 11.9 Å². The van der Waals surface area contributed by atoms with Crippen molar-refractivity contribution in [3.05, 3.63) is 59.0 Å². The summed E-state index contributed by atoms with van der Waals surface area (Å²) in [7, 11) is 0. The summed E-state index contributed by atoms with van der Waals surface area (Å²) in [4.78, 5) is 22.5. The molecule has 7 nitrogen and oxygen atoms in total. The molecule has 1 aromatic heterocycles. The lowest BCUT2D eigenvalue weighted by atomic mass is 9.97. The van der Waals surface area contributed by atoms with Gasteiger partial charge in [0.2, 0.25) is 11.7 Å². The van der Waals surface area contributed by atoms with Crippen LogP contribution in [-0.4, -0.2) is 34.7 Å². The second-order valence-electron chi connectivity index (χ2n) is 7.38. The Morgan fingerprint density at radius 2 is 1.89 bits per heavy atom. The van der Waals surface area contributed by atoms with Crippen LogP contribution in [-0.2, 0) is 9.53 Å². The summed E-state index contributed by atoms with van der Waals surface area (Å²) in [5, 5.41) is 22.2. The highest BCUT2D eigenvalue weighted by Crippen LogP contribution is 2.30. The third kappa shape index (κ3) is 4.61. The molecule has 1 aromatic carbocycles. The van der Waals surface area contributed by atoms with Crippen LogP contribution in [0, 0.1) is 5.92 Å². The summed E-state index contributed by atoms with van der Waals surface area (Å²) < 4.78 is 11.5. The molecular weight excluding hydrogens is 362 g/mol. The zero-order valence-corrected chi connectivity index (χ0v) is 15.9. The molecule has 0 radical (unpaired) electrons. The first-order valence-electron chi connectivity index (χ1n) is 9.37. The van der Waals surface area contributed by atoms with Crippen LogP contribution in [0.4, 0.5) is 0 Å². The maximum atomic E-state index is 11.4. The van der Waals surface area contributed by atoms with Crippen LogP contribution >= 0.6 is 0 Å². The molecule has 3 atom stereocenters. The highest BCUT2D eigenvalue weighted by molar-refractivity contribution is 5.84. The largest absolute Gasteiger partial charge is 0.475 e. The molecular formula is C21H25NO6. The third-order valence-corrected chi connectivity index (χ3v) is 4.86. The number of rotatable bonds is 8. The molecule has 2 heterocycles. The van der Waals surface area contributed by atoms with Crippen LogP contribution in [0.15, 0.2) is 40.8 Å². The first-order chi connectivity index (χ1) is 13.3. The Bertz CT molecular complexity index is 826. The van der Waals surface area contributed by atoms with Gasteiger partial charge < -0.3 is 24.7 Å². The summed E-state index contributed by atoms with van der Waals surface area (Å²) in [6.07, 6.45) is -0.00578. The average Bonchev–Trinajstić information content (AvgIpc) is 3.31. The van der Waals surface area contributed by atoms with Crippen molar-refractivity contribution in [3.63, 3.8) is 0 Å². The van der Waals surface area contributed by atoms with Crippen LogP contribution in [0.1, 0.15) is 66.3 Å². The van der Waals surface area contributed by atoms with Crippen molar-refractivity contribution in [2.75, 3.05) is 6.61 Å². The fourth-order valence-electron chi connectivity index (χ4n) is 3.22. The normalized spacial score (nSPS) is 18.9. The quantitative estimate of drug-likeness (QED) is 0.642. The van der Waals surface area contributed by atoms with Crippen molar-refractivity contribution in [3.8, 4) is 0 Å². The second kappa shape index (κ2) is 8.58. The van der Waals surface area contributed by atoms with Crippen molar-refractivity contribution >= 4 is 11.9 Å². The number of amides is 1. The van der Waals surface area contributed by atoms with E-state index in [1.54, 1.807) is 6.07 Å². The number of aromatic carboxylic acids is 1. The lowest BCUT2D eigenvalue weighted by Gasteiger charge is -2.20. The van der Waals surface area contributed by atoms with E-state index in [4.69, 9.17) is 14.3 Å². The van der Waals surface area contributed by atoms with E-state index in [1.807, 2.05) is 38.1 Å². The number of carboxylic acid groups (broad SMARTS) is 1. The minimum absolute atomic E-state index is 0.00309. The van der Waals surface area contributed by atoms with Gasteiger partial charge in [0.05, 0.1) is 18.8 Å². The van der Waals surface area contributed by atoms with Gasteiger partial charge in [0.15, 0.2) is 0 Å². The van der Waals surface area contributed by atoms with Gasteiger partial charge in [-0.3, -0.25) is 4.79 Å². The maximum absolute atomic E-state index is 11.4. The number of aliphatic hydroxyl groups excluding tert-OH is 1. The Balaban J connectivity index is 1.82. The standard InChI is InChI=1S/C21H25NO6/c1-12(2)19(24)13-3-5-14(6-4-13)20(16-8-9-17(28-16)21(25)26)27-11-15-7-10-18(23)22-15/h3-6,8-9,12,15,19-20,24H,7,10-11H2,1-2H3,(H,22,23)(H,25,26)/t15?,19?,20-/m0/s1. The first-order valence-corrected chi connectivity index (χ1v) is 9.37. The number of benzene rings is 1. The number of aliphatic hydroxyl groups is 1. The summed E-state index contributed by atoms with van der Waals surface area (Å²) >= 11 is 0. The highest BCUT2D eigenvalue weighted by atomic mass is 16.5. The van der Waals surface area contributed by atoms with Gasteiger partial charge in [-0.1, -0.05) is 38.1 Å². The predicted octanol–water partition coefficient (Wildman–Crippen LogP) is 3.05. The highest BCUT2D eigenvalue weighted by Gasteiger charge is 2.26. The molecule has 3 N–H and O–H groups in total. The Kier molecular flexibility index (Phi) is 6.16. The van der Waals surface area contributed by atoms with Crippen LogP contribution in [0.25, 0.3) is 0 Å². The summed E-state index contributed by atoms with van der Waals surface area (Å²) in [6.45, 7) is 4.17. The number of carbonyl (C=O) groups is 2. The van der Waals surface area contributed by atoms with Crippen LogP contribution in [0.2, 0.25) is 0 Å². The van der Waals surface area contributed by atoms with Gasteiger partial charge in [0, 0.05) is 6.42 Å². The van der Waals surface area contributed by atoms with Gasteiger partial charge >= 0.3 is 5.97 Å². The Hall–Kier alpha value is -2.64. The van der Waals surface area contributed by atoms with E-state index < -0.39 is 18.2 Å². The fraction of sp³-hybridized carbons (Fsp3) is 0.429. The number of carboxylic acids is 1. The van der Waals surface area contributed by atoms with E-state index in [-0.39, 0.29) is 30.2 Å². The van der Waals surface area contributed by atoms with E-state index in [9.17, 15) is 14.7 Å². The number of hydrogen-bond donors (Lipinski definition) is 3. The van der Waals surface area contributed by atoms with Crippen LogP contribution in [0.3, 0.4) is 0 Å². The third-order valence-electron chi connectivity index (χ3n) is 4.86. The molecule has 1 saturated heterocycles. The molecule has 0 bridgehead atoms. The van der Waals surface area contributed by atoms with Crippen molar-refractivity contribution < 1.29 is 29.0 Å². The summed E-state index contributed by atoms with van der Waals surface area (Å²) in [6, 6.07) is 10.2. The molecule has 3 rings (SSSR count). The van der Waals surface area contributed by atoms with Crippen LogP contribution in [0.5, 0.6) is 0 Å². The van der Waals surface area contributed by atoms with Crippen molar-refractivity contribution in [1.82, 2.24) is 5.32 Å². The second-order valence-corrected chi connectivity index (χ2v) is 7.38. The molecule has 2 unspecified atom stereocenters. The molecule has 0 spiro atoms. The molecule has 1 fully saturated rings. The average molecular weight is 387 g/mol. The molecule has 0 aliphatic carbocycles. The molecule has 150 valence electrons. The molecule has 1 amide bonds. The maximum Gasteiger partial charge on any atom is 0.371 e. The van der Waals surface area contributed by atoms with Crippen molar-refractivity contribution in [2.45, 2.75) is 44.9 Å². The van der Waals surface area contributed by atoms with E-state index in [1.165, 1.54) is 6.07 Å². The van der Waals surface area contributed by atoms with E-state index in [2.05, 4.69) is 5.32 Å². The SMILES string of the molecule is CC(C)C(O)c1ccc([C@H](OCC2CCC(=O)N2)c2ccc(C(=O)O)o2)cc1. The smallest absolute Gasteiger partial charge is 0.371 e. The predicted molar refractivity (Wildman–Crippen MR) is 101 cm³/mol. The van der Waals surface area contributed by atoms with Crippen molar-refractivity contribution in [1.29, 1.82) is 0 Å². The number of furan rings is 1. The van der Waals surface area contributed by atoms with Gasteiger partial charge in [0.25, 0.3) is 0 Å². The topological polar surface area (TPSA) is 109 Å².